The van der Waals surface area contributed by atoms with Gasteiger partial charge in [0.05, 0.1) is 13.5 Å². The van der Waals surface area contributed by atoms with Crippen molar-refractivity contribution in [3.05, 3.63) is 34.9 Å². The first-order chi connectivity index (χ1) is 11.4. The third-order valence-corrected chi connectivity index (χ3v) is 4.06. The molecule has 7 nitrogen and oxygen atoms in total. The standard InChI is InChI=1S/C15H16ClN3O4S/c1-23-12(20)8-11-14(22)17-5-6-19(11)15(24)18-13(21)9-3-2-4-10(16)7-9/h2-4,7,11H,5-6,8H2,1H3,(H,17,22)(H,18,21,24)/t11-/m0/s1. The predicted molar refractivity (Wildman–Crippen MR) is 91.7 cm³/mol. The fourth-order valence-corrected chi connectivity index (χ4v) is 2.77. The Labute approximate surface area is 149 Å². The number of ether oxygens (including phenoxy) is 1. The number of esters is 1. The first kappa shape index (κ1) is 18.2. The lowest BCUT2D eigenvalue weighted by atomic mass is 10.1. The Morgan fingerprint density at radius 2 is 2.25 bits per heavy atom. The topological polar surface area (TPSA) is 87.7 Å². The molecule has 0 radical (unpaired) electrons. The highest BCUT2D eigenvalue weighted by atomic mass is 35.5. The van der Waals surface area contributed by atoms with E-state index in [1.807, 2.05) is 0 Å². The molecule has 0 bridgehead atoms. The van der Waals surface area contributed by atoms with Crippen LogP contribution in [0.25, 0.3) is 0 Å². The van der Waals surface area contributed by atoms with Gasteiger partial charge in [-0.15, -0.1) is 0 Å². The van der Waals surface area contributed by atoms with Crippen molar-refractivity contribution in [3.8, 4) is 0 Å². The van der Waals surface area contributed by atoms with E-state index in [9.17, 15) is 14.4 Å². The molecule has 1 aromatic carbocycles. The van der Waals surface area contributed by atoms with E-state index in [4.69, 9.17) is 23.8 Å². The zero-order valence-corrected chi connectivity index (χ0v) is 14.4. The lowest BCUT2D eigenvalue weighted by Gasteiger charge is -2.36. The van der Waals surface area contributed by atoms with E-state index in [2.05, 4.69) is 15.4 Å². The molecule has 24 heavy (non-hydrogen) atoms. The highest BCUT2D eigenvalue weighted by molar-refractivity contribution is 7.80. The molecule has 0 aliphatic carbocycles. The van der Waals surface area contributed by atoms with Gasteiger partial charge in [0, 0.05) is 23.7 Å². The van der Waals surface area contributed by atoms with Crippen LogP contribution in [0.4, 0.5) is 0 Å². The summed E-state index contributed by atoms with van der Waals surface area (Å²) in [7, 11) is 1.24. The second-order valence-electron chi connectivity index (χ2n) is 5.05. The second kappa shape index (κ2) is 8.07. The molecule has 1 atom stereocenters. The van der Waals surface area contributed by atoms with E-state index in [1.165, 1.54) is 18.1 Å². The minimum absolute atomic E-state index is 0.0729. The van der Waals surface area contributed by atoms with Gasteiger partial charge < -0.3 is 15.0 Å². The van der Waals surface area contributed by atoms with E-state index in [-0.39, 0.29) is 17.4 Å². The Kier molecular flexibility index (Phi) is 6.10. The van der Waals surface area contributed by atoms with Gasteiger partial charge in [-0.3, -0.25) is 19.7 Å². The minimum Gasteiger partial charge on any atom is -0.469 e. The zero-order chi connectivity index (χ0) is 17.7. The molecule has 0 unspecified atom stereocenters. The maximum absolute atomic E-state index is 12.2. The lowest BCUT2D eigenvalue weighted by Crippen LogP contribution is -2.60. The summed E-state index contributed by atoms with van der Waals surface area (Å²) >= 11 is 11.1. The first-order valence-electron chi connectivity index (χ1n) is 7.14. The number of nitrogens with zero attached hydrogens (tertiary/aromatic N) is 1. The summed E-state index contributed by atoms with van der Waals surface area (Å²) in [6.45, 7) is 0.742. The van der Waals surface area contributed by atoms with Gasteiger partial charge in [0.2, 0.25) is 5.91 Å². The smallest absolute Gasteiger partial charge is 0.308 e. The largest absolute Gasteiger partial charge is 0.469 e. The Bertz CT molecular complexity index is 682. The van der Waals surface area contributed by atoms with Crippen LogP contribution in [-0.2, 0) is 14.3 Å². The van der Waals surface area contributed by atoms with Crippen LogP contribution in [0.15, 0.2) is 24.3 Å². The van der Waals surface area contributed by atoms with E-state index in [1.54, 1.807) is 18.2 Å². The van der Waals surface area contributed by atoms with E-state index in [0.29, 0.717) is 23.7 Å². The molecule has 0 spiro atoms. The number of benzene rings is 1. The van der Waals surface area contributed by atoms with Crippen LogP contribution in [0.5, 0.6) is 0 Å². The van der Waals surface area contributed by atoms with Crippen molar-refractivity contribution < 1.29 is 19.1 Å². The third-order valence-electron chi connectivity index (χ3n) is 3.49. The molecule has 2 rings (SSSR count). The predicted octanol–water partition coefficient (Wildman–Crippen LogP) is 0.718. The SMILES string of the molecule is COC(=O)C[C@H]1C(=O)NCCN1C(=S)NC(=O)c1cccc(Cl)c1. The summed E-state index contributed by atoms with van der Waals surface area (Å²) in [5.41, 5.74) is 0.343. The second-order valence-corrected chi connectivity index (χ2v) is 5.87. The van der Waals surface area contributed by atoms with Crippen LogP contribution in [0.1, 0.15) is 16.8 Å². The van der Waals surface area contributed by atoms with Crippen LogP contribution in [0.3, 0.4) is 0 Å². The van der Waals surface area contributed by atoms with Crippen molar-refractivity contribution in [3.63, 3.8) is 0 Å². The zero-order valence-electron chi connectivity index (χ0n) is 12.9. The van der Waals surface area contributed by atoms with Crippen molar-refractivity contribution in [2.24, 2.45) is 0 Å². The number of methoxy groups -OCH3 is 1. The average Bonchev–Trinajstić information content (AvgIpc) is 2.56. The van der Waals surface area contributed by atoms with Crippen molar-refractivity contribution in [1.82, 2.24) is 15.5 Å². The maximum atomic E-state index is 12.2. The molecule has 1 fully saturated rings. The molecular formula is C15H16ClN3O4S. The van der Waals surface area contributed by atoms with Crippen LogP contribution < -0.4 is 10.6 Å². The summed E-state index contributed by atoms with van der Waals surface area (Å²) in [5.74, 6) is -1.32. The fraction of sp³-hybridized carbons (Fsp3) is 0.333. The number of hydrogen-bond donors (Lipinski definition) is 2. The Balaban J connectivity index is 2.09. The lowest BCUT2D eigenvalue weighted by molar-refractivity contribution is -0.144. The molecule has 2 N–H and O–H groups in total. The molecule has 1 heterocycles. The van der Waals surface area contributed by atoms with Gasteiger partial charge in [-0.2, -0.15) is 0 Å². The number of halogens is 1. The third kappa shape index (κ3) is 4.42. The fourth-order valence-electron chi connectivity index (χ4n) is 2.27. The average molecular weight is 370 g/mol. The van der Waals surface area contributed by atoms with E-state index < -0.39 is 17.9 Å². The Morgan fingerprint density at radius 1 is 1.50 bits per heavy atom. The van der Waals surface area contributed by atoms with E-state index >= 15 is 0 Å². The molecule has 1 saturated heterocycles. The van der Waals surface area contributed by atoms with Gasteiger partial charge in [-0.1, -0.05) is 17.7 Å². The summed E-state index contributed by atoms with van der Waals surface area (Å²) < 4.78 is 4.60. The number of nitrogens with one attached hydrogen (secondary N) is 2. The summed E-state index contributed by atoms with van der Waals surface area (Å²) in [5, 5.41) is 5.72. The monoisotopic (exact) mass is 369 g/mol. The van der Waals surface area contributed by atoms with Crippen LogP contribution >= 0.6 is 23.8 Å². The van der Waals surface area contributed by atoms with Crippen LogP contribution in [-0.4, -0.2) is 54.0 Å². The highest BCUT2D eigenvalue weighted by Crippen LogP contribution is 2.13. The number of rotatable bonds is 3. The maximum Gasteiger partial charge on any atom is 0.308 e. The molecule has 1 aromatic rings. The van der Waals surface area contributed by atoms with Crippen molar-refractivity contribution in [1.29, 1.82) is 0 Å². The number of carbonyl (C=O) groups is 3. The first-order valence-corrected chi connectivity index (χ1v) is 7.93. The molecule has 128 valence electrons. The quantitative estimate of drug-likeness (QED) is 0.603. The number of carbonyl (C=O) groups excluding carboxylic acids is 3. The summed E-state index contributed by atoms with van der Waals surface area (Å²) in [4.78, 5) is 37.3. The molecule has 1 aliphatic rings. The molecule has 1 aliphatic heterocycles. The number of amides is 2. The summed E-state index contributed by atoms with van der Waals surface area (Å²) in [6, 6.07) is 5.58. The summed E-state index contributed by atoms with van der Waals surface area (Å²) in [6.07, 6.45) is -0.157. The van der Waals surface area contributed by atoms with Gasteiger partial charge in [-0.25, -0.2) is 0 Å². The van der Waals surface area contributed by atoms with Crippen LogP contribution in [0, 0.1) is 0 Å². The molecular weight excluding hydrogens is 354 g/mol. The number of hydrogen-bond acceptors (Lipinski definition) is 5. The van der Waals surface area contributed by atoms with Crippen molar-refractivity contribution in [2.75, 3.05) is 20.2 Å². The molecule has 9 heteroatoms. The van der Waals surface area contributed by atoms with Crippen molar-refractivity contribution >= 4 is 46.7 Å². The number of thiocarbonyl (C=S) groups is 1. The van der Waals surface area contributed by atoms with Gasteiger partial charge >= 0.3 is 5.97 Å². The minimum atomic E-state index is -0.821. The molecule has 0 aromatic heterocycles. The van der Waals surface area contributed by atoms with Crippen LogP contribution in [0.2, 0.25) is 5.02 Å². The Morgan fingerprint density at radius 3 is 2.92 bits per heavy atom. The number of piperazine rings is 1. The van der Waals surface area contributed by atoms with Gasteiger partial charge in [0.25, 0.3) is 5.91 Å². The van der Waals surface area contributed by atoms with Gasteiger partial charge in [0.1, 0.15) is 6.04 Å². The molecule has 2 amide bonds. The van der Waals surface area contributed by atoms with Gasteiger partial charge in [0.15, 0.2) is 5.11 Å². The van der Waals surface area contributed by atoms with Gasteiger partial charge in [-0.05, 0) is 30.4 Å². The highest BCUT2D eigenvalue weighted by Gasteiger charge is 2.34. The van der Waals surface area contributed by atoms with E-state index in [0.717, 1.165) is 0 Å². The van der Waals surface area contributed by atoms with Crippen molar-refractivity contribution in [2.45, 2.75) is 12.5 Å². The Hall–Kier alpha value is -2.19. The molecule has 0 saturated carbocycles. The normalized spacial score (nSPS) is 17.0.